The van der Waals surface area contributed by atoms with Gasteiger partial charge >= 0.3 is 0 Å². The van der Waals surface area contributed by atoms with E-state index in [1.165, 1.54) is 0 Å². The third-order valence-electron chi connectivity index (χ3n) is 13.1. The van der Waals surface area contributed by atoms with Crippen LogP contribution in [-0.4, -0.2) is 92.4 Å². The summed E-state index contributed by atoms with van der Waals surface area (Å²) in [6, 6.07) is 24.4. The van der Waals surface area contributed by atoms with Crippen LogP contribution in [0.2, 0.25) is 0 Å². The molecular weight excluding hydrogens is 721 g/mol. The molecule has 318 valence electrons. The maximum atomic E-state index is 11.2. The third kappa shape index (κ3) is 10.9. The quantitative estimate of drug-likeness (QED) is 0.0590. The molecule has 0 radical (unpaired) electrons. The number of phenols is 4. The molecule has 0 saturated carbocycles. The van der Waals surface area contributed by atoms with E-state index in [0.29, 0.717) is 49.2 Å². The van der Waals surface area contributed by atoms with Gasteiger partial charge < -0.3 is 20.4 Å². The van der Waals surface area contributed by atoms with Crippen molar-refractivity contribution in [1.29, 1.82) is 0 Å². The number of rotatable bonds is 23. The first kappa shape index (κ1) is 46.6. The van der Waals surface area contributed by atoms with Crippen molar-refractivity contribution >= 4 is 0 Å². The molecule has 0 aliphatic heterocycles. The van der Waals surface area contributed by atoms with Gasteiger partial charge in [0.05, 0.1) is 0 Å². The van der Waals surface area contributed by atoms with Crippen LogP contribution in [0.3, 0.4) is 0 Å². The van der Waals surface area contributed by atoms with Crippen LogP contribution < -0.4 is 0 Å². The summed E-state index contributed by atoms with van der Waals surface area (Å²) in [5, 5.41) is 44.7. The lowest BCUT2D eigenvalue weighted by Gasteiger charge is -2.39. The number of aromatic hydroxyl groups is 4. The van der Waals surface area contributed by atoms with E-state index < -0.39 is 10.8 Å². The fourth-order valence-corrected chi connectivity index (χ4v) is 8.38. The molecule has 0 aliphatic carbocycles. The van der Waals surface area contributed by atoms with Crippen molar-refractivity contribution in [1.82, 2.24) is 19.6 Å². The van der Waals surface area contributed by atoms with Crippen molar-refractivity contribution in [3.8, 4) is 23.0 Å². The van der Waals surface area contributed by atoms with Gasteiger partial charge in [0.25, 0.3) is 0 Å². The first-order chi connectivity index (χ1) is 27.7. The molecule has 0 spiro atoms. The predicted molar refractivity (Wildman–Crippen MR) is 241 cm³/mol. The minimum Gasteiger partial charge on any atom is -0.508 e. The standard InChI is InChI=1S/C50H74N4O4/c1-11-51(12-2)33-37-29-41(19-23-45(37)55)49(9,42-20-24-46(56)38(30-42)34-52(13-3)14-4)27-28-50(10,43-21-25-47(57)39(31-43)35-53(15-5)16-6)44-22-26-48(58)40(32-44)36-54(17-7)18-8/h19-26,29-32,55-58H,11-18,27-28,33-36H2,1-10H3. The van der Waals surface area contributed by atoms with Crippen LogP contribution in [0.15, 0.2) is 72.8 Å². The second-order valence-corrected chi connectivity index (χ2v) is 16.4. The molecule has 0 heterocycles. The molecule has 58 heavy (non-hydrogen) atoms. The molecule has 4 aromatic rings. The van der Waals surface area contributed by atoms with E-state index in [9.17, 15) is 20.4 Å². The Morgan fingerprint density at radius 3 is 0.707 bits per heavy atom. The summed E-state index contributed by atoms with van der Waals surface area (Å²) in [5.41, 5.74) is 6.97. The highest BCUT2D eigenvalue weighted by Crippen LogP contribution is 2.46. The highest BCUT2D eigenvalue weighted by Gasteiger charge is 2.37. The lowest BCUT2D eigenvalue weighted by molar-refractivity contribution is 0.289. The van der Waals surface area contributed by atoms with Gasteiger partial charge in [-0.3, -0.25) is 19.6 Å². The summed E-state index contributed by atoms with van der Waals surface area (Å²) in [7, 11) is 0. The van der Waals surface area contributed by atoms with Gasteiger partial charge in [-0.05, 0) is 136 Å². The molecule has 8 heteroatoms. The molecule has 0 unspecified atom stereocenters. The maximum absolute atomic E-state index is 11.2. The highest BCUT2D eigenvalue weighted by molar-refractivity contribution is 5.50. The average molecular weight is 795 g/mol. The lowest BCUT2D eigenvalue weighted by atomic mass is 9.65. The molecule has 8 nitrogen and oxygen atoms in total. The van der Waals surface area contributed by atoms with E-state index in [4.69, 9.17) is 0 Å². The van der Waals surface area contributed by atoms with Crippen molar-refractivity contribution < 1.29 is 20.4 Å². The SMILES string of the molecule is CCN(CC)Cc1cc(C(C)(CCC(C)(c2ccc(O)c(CN(CC)CC)c2)c2ccc(O)c(CN(CC)CC)c2)c2ccc(O)c(CN(CC)CC)c2)ccc1O. The Morgan fingerprint density at radius 2 is 0.534 bits per heavy atom. The molecule has 0 amide bonds. The Labute approximate surface area is 350 Å². The van der Waals surface area contributed by atoms with Crippen molar-refractivity contribution in [2.75, 3.05) is 52.4 Å². The van der Waals surface area contributed by atoms with Crippen LogP contribution in [0, 0.1) is 0 Å². The summed E-state index contributed by atoms with van der Waals surface area (Å²) in [6.45, 7) is 31.5. The summed E-state index contributed by atoms with van der Waals surface area (Å²) in [6.07, 6.45) is 1.46. The van der Waals surface area contributed by atoms with Crippen LogP contribution in [0.1, 0.15) is 127 Å². The molecule has 0 fully saturated rings. The van der Waals surface area contributed by atoms with Crippen molar-refractivity contribution in [3.63, 3.8) is 0 Å². The van der Waals surface area contributed by atoms with Crippen LogP contribution in [0.25, 0.3) is 0 Å². The first-order valence-corrected chi connectivity index (χ1v) is 21.9. The zero-order valence-corrected chi connectivity index (χ0v) is 37.4. The van der Waals surface area contributed by atoms with Gasteiger partial charge in [0.2, 0.25) is 0 Å². The van der Waals surface area contributed by atoms with E-state index in [1.807, 2.05) is 24.3 Å². The molecular formula is C50H74N4O4. The number of phenolic OH excluding ortho intramolecular Hbond substituents is 4. The fraction of sp³-hybridized carbons (Fsp3) is 0.520. The van der Waals surface area contributed by atoms with Gasteiger partial charge in [-0.15, -0.1) is 0 Å². The molecule has 4 N–H and O–H groups in total. The number of benzene rings is 4. The lowest BCUT2D eigenvalue weighted by Crippen LogP contribution is -2.32. The van der Waals surface area contributed by atoms with E-state index in [2.05, 4.69) is 137 Å². The second kappa shape index (κ2) is 21.3. The summed E-state index contributed by atoms with van der Waals surface area (Å²) in [5.74, 6) is 1.19. The molecule has 0 aromatic heterocycles. The van der Waals surface area contributed by atoms with Gasteiger partial charge in [0, 0.05) is 59.3 Å². The van der Waals surface area contributed by atoms with Gasteiger partial charge in [-0.1, -0.05) is 93.5 Å². The monoisotopic (exact) mass is 795 g/mol. The Hall–Kier alpha value is -4.08. The van der Waals surface area contributed by atoms with Crippen molar-refractivity contribution in [2.24, 2.45) is 0 Å². The highest BCUT2D eigenvalue weighted by atomic mass is 16.3. The molecule has 4 aromatic carbocycles. The van der Waals surface area contributed by atoms with E-state index in [-0.39, 0.29) is 0 Å². The molecule has 0 atom stereocenters. The summed E-state index contributed by atoms with van der Waals surface area (Å²) in [4.78, 5) is 9.27. The van der Waals surface area contributed by atoms with Crippen LogP contribution >= 0.6 is 0 Å². The number of hydrogen-bond acceptors (Lipinski definition) is 8. The molecule has 0 saturated heterocycles. The number of nitrogens with zero attached hydrogens (tertiary/aromatic N) is 4. The third-order valence-corrected chi connectivity index (χ3v) is 13.1. The van der Waals surface area contributed by atoms with Crippen LogP contribution in [0.4, 0.5) is 0 Å². The Morgan fingerprint density at radius 1 is 0.345 bits per heavy atom. The van der Waals surface area contributed by atoms with E-state index in [1.54, 1.807) is 0 Å². The van der Waals surface area contributed by atoms with Crippen molar-refractivity contribution in [2.45, 2.75) is 119 Å². The van der Waals surface area contributed by atoms with Crippen LogP contribution in [-0.2, 0) is 37.0 Å². The van der Waals surface area contributed by atoms with E-state index >= 15 is 0 Å². The van der Waals surface area contributed by atoms with Gasteiger partial charge in [0.15, 0.2) is 0 Å². The number of hydrogen-bond donors (Lipinski definition) is 4. The summed E-state index contributed by atoms with van der Waals surface area (Å²) >= 11 is 0. The van der Waals surface area contributed by atoms with E-state index in [0.717, 1.165) is 110 Å². The zero-order valence-electron chi connectivity index (χ0n) is 37.4. The van der Waals surface area contributed by atoms with Crippen molar-refractivity contribution in [3.05, 3.63) is 117 Å². The molecule has 4 rings (SSSR count). The normalized spacial score (nSPS) is 12.4. The zero-order chi connectivity index (χ0) is 42.6. The average Bonchev–Trinajstić information content (AvgIpc) is 3.24. The van der Waals surface area contributed by atoms with Gasteiger partial charge in [0.1, 0.15) is 23.0 Å². The smallest absolute Gasteiger partial charge is 0.120 e. The maximum Gasteiger partial charge on any atom is 0.120 e. The Kier molecular flexibility index (Phi) is 17.1. The first-order valence-electron chi connectivity index (χ1n) is 21.9. The van der Waals surface area contributed by atoms with Gasteiger partial charge in [-0.2, -0.15) is 0 Å². The fourth-order valence-electron chi connectivity index (χ4n) is 8.38. The van der Waals surface area contributed by atoms with Crippen LogP contribution in [0.5, 0.6) is 23.0 Å². The minimum absolute atomic E-state index is 0.297. The second-order valence-electron chi connectivity index (χ2n) is 16.4. The molecule has 0 aliphatic rings. The molecule has 0 bridgehead atoms. The van der Waals surface area contributed by atoms with Gasteiger partial charge in [-0.25, -0.2) is 0 Å². The summed E-state index contributed by atoms with van der Waals surface area (Å²) < 4.78 is 0. The Balaban J connectivity index is 1.96. The topological polar surface area (TPSA) is 93.9 Å². The predicted octanol–water partition coefficient (Wildman–Crippen LogP) is 9.97. The largest absolute Gasteiger partial charge is 0.508 e. The minimum atomic E-state index is -0.527. The Bertz CT molecular complexity index is 1630.